The van der Waals surface area contributed by atoms with E-state index in [9.17, 15) is 0 Å². The van der Waals surface area contributed by atoms with Gasteiger partial charge in [-0.15, -0.1) is 0 Å². The van der Waals surface area contributed by atoms with Gasteiger partial charge in [-0.2, -0.15) is 0 Å². The van der Waals surface area contributed by atoms with Gasteiger partial charge in [0.1, 0.15) is 18.0 Å². The molecule has 1 fully saturated rings. The SMILES string of the molecule is Cc1c(N)ncnc1N1CCN(c2ncccn2)CC1. The maximum Gasteiger partial charge on any atom is 0.225 e. The van der Waals surface area contributed by atoms with Gasteiger partial charge in [-0.1, -0.05) is 0 Å². The monoisotopic (exact) mass is 271 g/mol. The van der Waals surface area contributed by atoms with Crippen LogP contribution in [0.25, 0.3) is 0 Å². The smallest absolute Gasteiger partial charge is 0.225 e. The predicted molar refractivity (Wildman–Crippen MR) is 77.6 cm³/mol. The Morgan fingerprint density at radius 3 is 2.30 bits per heavy atom. The Balaban J connectivity index is 1.71. The minimum atomic E-state index is 0.545. The molecule has 0 saturated carbocycles. The van der Waals surface area contributed by atoms with Crippen LogP contribution < -0.4 is 15.5 Å². The van der Waals surface area contributed by atoms with Gasteiger partial charge in [0.25, 0.3) is 0 Å². The predicted octanol–water partition coefficient (Wildman–Crippen LogP) is 0.484. The van der Waals surface area contributed by atoms with Crippen LogP contribution in [-0.4, -0.2) is 46.1 Å². The summed E-state index contributed by atoms with van der Waals surface area (Å²) >= 11 is 0. The first-order valence-electron chi connectivity index (χ1n) is 6.59. The van der Waals surface area contributed by atoms with Crippen LogP contribution in [-0.2, 0) is 0 Å². The van der Waals surface area contributed by atoms with Gasteiger partial charge in [0.15, 0.2) is 0 Å². The highest BCUT2D eigenvalue weighted by Gasteiger charge is 2.21. The minimum absolute atomic E-state index is 0.545. The summed E-state index contributed by atoms with van der Waals surface area (Å²) in [5, 5.41) is 0. The molecule has 104 valence electrons. The summed E-state index contributed by atoms with van der Waals surface area (Å²) in [6.07, 6.45) is 5.05. The van der Waals surface area contributed by atoms with E-state index in [1.54, 1.807) is 12.4 Å². The van der Waals surface area contributed by atoms with E-state index in [2.05, 4.69) is 29.7 Å². The third kappa shape index (κ3) is 2.34. The summed E-state index contributed by atoms with van der Waals surface area (Å²) < 4.78 is 0. The van der Waals surface area contributed by atoms with Crippen LogP contribution in [0.15, 0.2) is 24.8 Å². The van der Waals surface area contributed by atoms with Gasteiger partial charge in [0, 0.05) is 44.1 Å². The standard InChI is InChI=1S/C13H17N7/c1-10-11(14)17-9-18-12(10)19-5-7-20(8-6-19)13-15-3-2-4-16-13/h2-4,9H,5-8H2,1H3,(H2,14,17,18). The Morgan fingerprint density at radius 2 is 1.60 bits per heavy atom. The average molecular weight is 271 g/mol. The fourth-order valence-corrected chi connectivity index (χ4v) is 2.35. The van der Waals surface area contributed by atoms with Crippen molar-refractivity contribution in [1.82, 2.24) is 19.9 Å². The van der Waals surface area contributed by atoms with Crippen LogP contribution in [0.4, 0.5) is 17.6 Å². The van der Waals surface area contributed by atoms with E-state index >= 15 is 0 Å². The molecule has 0 unspecified atom stereocenters. The molecular formula is C13H17N7. The van der Waals surface area contributed by atoms with Crippen LogP contribution in [0.2, 0.25) is 0 Å². The molecule has 1 aliphatic heterocycles. The molecule has 3 heterocycles. The zero-order chi connectivity index (χ0) is 13.9. The first-order valence-corrected chi connectivity index (χ1v) is 6.59. The average Bonchev–Trinajstić information content (AvgIpc) is 2.51. The van der Waals surface area contributed by atoms with Crippen molar-refractivity contribution in [3.05, 3.63) is 30.4 Å². The highest BCUT2D eigenvalue weighted by atomic mass is 15.3. The van der Waals surface area contributed by atoms with Crippen molar-refractivity contribution in [1.29, 1.82) is 0 Å². The Labute approximate surface area is 117 Å². The summed E-state index contributed by atoms with van der Waals surface area (Å²) in [4.78, 5) is 21.3. The Bertz CT molecular complexity index is 579. The second-order valence-corrected chi connectivity index (χ2v) is 4.73. The highest BCUT2D eigenvalue weighted by molar-refractivity contribution is 5.56. The Kier molecular flexibility index (Phi) is 3.32. The molecule has 2 aromatic heterocycles. The summed E-state index contributed by atoms with van der Waals surface area (Å²) in [5.74, 6) is 2.25. The normalized spacial score (nSPS) is 15.4. The van der Waals surface area contributed by atoms with Crippen molar-refractivity contribution in [3.63, 3.8) is 0 Å². The van der Waals surface area contributed by atoms with Crippen molar-refractivity contribution < 1.29 is 0 Å². The van der Waals surface area contributed by atoms with Crippen molar-refractivity contribution in [3.8, 4) is 0 Å². The lowest BCUT2D eigenvalue weighted by atomic mass is 10.2. The third-order valence-electron chi connectivity index (χ3n) is 3.51. The lowest BCUT2D eigenvalue weighted by molar-refractivity contribution is 0.632. The van der Waals surface area contributed by atoms with Crippen molar-refractivity contribution in [2.24, 2.45) is 0 Å². The zero-order valence-electron chi connectivity index (χ0n) is 11.4. The van der Waals surface area contributed by atoms with E-state index in [4.69, 9.17) is 5.73 Å². The van der Waals surface area contributed by atoms with Crippen molar-refractivity contribution >= 4 is 17.6 Å². The topological polar surface area (TPSA) is 84.1 Å². The number of nitrogens with zero attached hydrogens (tertiary/aromatic N) is 6. The van der Waals surface area contributed by atoms with Crippen molar-refractivity contribution in [2.45, 2.75) is 6.92 Å². The van der Waals surface area contributed by atoms with E-state index in [-0.39, 0.29) is 0 Å². The molecule has 1 saturated heterocycles. The number of nitrogens with two attached hydrogens (primary N) is 1. The molecule has 2 N–H and O–H groups in total. The highest BCUT2D eigenvalue weighted by Crippen LogP contribution is 2.22. The number of anilines is 3. The zero-order valence-corrected chi connectivity index (χ0v) is 11.4. The summed E-state index contributed by atoms with van der Waals surface area (Å²) in [5.41, 5.74) is 6.78. The number of aromatic nitrogens is 4. The molecule has 0 aromatic carbocycles. The lowest BCUT2D eigenvalue weighted by Crippen LogP contribution is -2.47. The molecule has 3 rings (SSSR count). The molecule has 0 spiro atoms. The number of rotatable bonds is 2. The van der Waals surface area contributed by atoms with Gasteiger partial charge in [-0.25, -0.2) is 19.9 Å². The Morgan fingerprint density at radius 1 is 0.950 bits per heavy atom. The van der Waals surface area contributed by atoms with Crippen molar-refractivity contribution in [2.75, 3.05) is 41.7 Å². The van der Waals surface area contributed by atoms with Crippen LogP contribution in [0.3, 0.4) is 0 Å². The number of piperazine rings is 1. The van der Waals surface area contributed by atoms with Gasteiger partial charge in [-0.3, -0.25) is 0 Å². The molecule has 0 aliphatic carbocycles. The van der Waals surface area contributed by atoms with Gasteiger partial charge >= 0.3 is 0 Å². The first-order chi connectivity index (χ1) is 9.75. The van der Waals surface area contributed by atoms with Gasteiger partial charge in [0.2, 0.25) is 5.95 Å². The molecule has 1 aliphatic rings. The fourth-order valence-electron chi connectivity index (χ4n) is 2.35. The number of hydrogen-bond acceptors (Lipinski definition) is 7. The summed E-state index contributed by atoms with van der Waals surface area (Å²) in [6.45, 7) is 5.43. The second-order valence-electron chi connectivity index (χ2n) is 4.73. The number of nitrogen functional groups attached to an aromatic ring is 1. The van der Waals surface area contributed by atoms with Gasteiger partial charge in [0.05, 0.1) is 0 Å². The van der Waals surface area contributed by atoms with E-state index < -0.39 is 0 Å². The quantitative estimate of drug-likeness (QED) is 0.850. The minimum Gasteiger partial charge on any atom is -0.383 e. The molecular weight excluding hydrogens is 254 g/mol. The Hall–Kier alpha value is -2.44. The van der Waals surface area contributed by atoms with Crippen LogP contribution in [0.5, 0.6) is 0 Å². The first kappa shape index (κ1) is 12.6. The third-order valence-corrected chi connectivity index (χ3v) is 3.51. The van der Waals surface area contributed by atoms with Crippen LogP contribution >= 0.6 is 0 Å². The van der Waals surface area contributed by atoms with Gasteiger partial charge in [-0.05, 0) is 13.0 Å². The molecule has 20 heavy (non-hydrogen) atoms. The lowest BCUT2D eigenvalue weighted by Gasteiger charge is -2.35. The fraction of sp³-hybridized carbons (Fsp3) is 0.385. The maximum absolute atomic E-state index is 5.84. The van der Waals surface area contributed by atoms with Crippen LogP contribution in [0, 0.1) is 6.92 Å². The molecule has 0 bridgehead atoms. The molecule has 2 aromatic rings. The number of hydrogen-bond donors (Lipinski definition) is 1. The van der Waals surface area contributed by atoms with E-state index in [1.165, 1.54) is 6.33 Å². The second kappa shape index (κ2) is 5.28. The maximum atomic E-state index is 5.84. The van der Waals surface area contributed by atoms with E-state index in [0.29, 0.717) is 5.82 Å². The molecule has 7 heteroatoms. The largest absolute Gasteiger partial charge is 0.383 e. The molecule has 0 atom stereocenters. The molecule has 0 amide bonds. The van der Waals surface area contributed by atoms with E-state index in [0.717, 1.165) is 43.5 Å². The van der Waals surface area contributed by atoms with Crippen LogP contribution in [0.1, 0.15) is 5.56 Å². The van der Waals surface area contributed by atoms with Gasteiger partial charge < -0.3 is 15.5 Å². The summed E-state index contributed by atoms with van der Waals surface area (Å²) in [7, 11) is 0. The summed E-state index contributed by atoms with van der Waals surface area (Å²) in [6, 6.07) is 1.83. The van der Waals surface area contributed by atoms with E-state index in [1.807, 2.05) is 13.0 Å². The molecule has 7 nitrogen and oxygen atoms in total. The molecule has 0 radical (unpaired) electrons.